The van der Waals surface area contributed by atoms with Gasteiger partial charge in [0.05, 0.1) is 0 Å². The summed E-state index contributed by atoms with van der Waals surface area (Å²) >= 11 is 1.69. The number of thioether (sulfide) groups is 1. The maximum atomic E-state index is 12.3. The van der Waals surface area contributed by atoms with Gasteiger partial charge in [0.2, 0.25) is 0 Å². The van der Waals surface area contributed by atoms with Gasteiger partial charge in [-0.1, -0.05) is 24.3 Å². The maximum absolute atomic E-state index is 12.3. The Hall–Kier alpha value is -2.47. The molecule has 0 fully saturated rings. The van der Waals surface area contributed by atoms with Gasteiger partial charge in [0.15, 0.2) is 0 Å². The lowest BCUT2D eigenvalue weighted by Crippen LogP contribution is -2.28. The highest BCUT2D eigenvalue weighted by Gasteiger charge is 2.16. The summed E-state index contributed by atoms with van der Waals surface area (Å²) < 4.78 is 5.21. The summed E-state index contributed by atoms with van der Waals surface area (Å²) in [6.45, 7) is 5.94. The average molecular weight is 372 g/mol. The second-order valence-corrected chi connectivity index (χ2v) is 7.79. The van der Waals surface area contributed by atoms with Gasteiger partial charge in [0, 0.05) is 28.4 Å². The Balaban J connectivity index is 1.82. The lowest BCUT2D eigenvalue weighted by atomic mass is 10.2. The zero-order valence-electron chi connectivity index (χ0n) is 15.2. The third kappa shape index (κ3) is 7.19. The van der Waals surface area contributed by atoms with Crippen LogP contribution in [0.25, 0.3) is 0 Å². The normalized spacial score (nSPS) is 10.9. The van der Waals surface area contributed by atoms with Crippen LogP contribution in [0.4, 0.5) is 10.5 Å². The molecule has 2 aromatic rings. The van der Waals surface area contributed by atoms with Gasteiger partial charge in [0.25, 0.3) is 5.91 Å². The molecule has 0 atom stereocenters. The first-order valence-electron chi connectivity index (χ1n) is 8.39. The van der Waals surface area contributed by atoms with E-state index in [4.69, 9.17) is 4.74 Å². The van der Waals surface area contributed by atoms with Crippen LogP contribution in [0.15, 0.2) is 59.5 Å². The molecule has 0 aliphatic carbocycles. The van der Waals surface area contributed by atoms with E-state index in [2.05, 4.69) is 10.6 Å². The number of hydrogen-bond donors (Lipinski definition) is 2. The van der Waals surface area contributed by atoms with Crippen molar-refractivity contribution in [3.8, 4) is 0 Å². The third-order valence-corrected chi connectivity index (χ3v) is 4.18. The molecule has 0 saturated heterocycles. The monoisotopic (exact) mass is 372 g/mol. The van der Waals surface area contributed by atoms with E-state index in [0.29, 0.717) is 17.8 Å². The molecule has 5 nitrogen and oxygen atoms in total. The first-order chi connectivity index (χ1) is 12.3. The summed E-state index contributed by atoms with van der Waals surface area (Å²) in [5.41, 5.74) is 0.434. The molecule has 0 aromatic heterocycles. The third-order valence-electron chi connectivity index (χ3n) is 3.17. The first-order valence-corrected chi connectivity index (χ1v) is 9.38. The Labute approximate surface area is 158 Å². The number of amides is 2. The van der Waals surface area contributed by atoms with E-state index in [1.165, 1.54) is 4.90 Å². The first kappa shape index (κ1) is 19.8. The summed E-state index contributed by atoms with van der Waals surface area (Å²) in [7, 11) is 0. The van der Waals surface area contributed by atoms with Crippen molar-refractivity contribution in [1.29, 1.82) is 0 Å². The Morgan fingerprint density at radius 2 is 1.77 bits per heavy atom. The molecule has 6 heteroatoms. The SMILES string of the molecule is CC(C)(C)OC(=O)Nc1cccc(C(=O)NCCSc2ccccc2)c1. The molecule has 0 aliphatic rings. The molecular formula is C20H24N2O3S. The Morgan fingerprint density at radius 3 is 2.46 bits per heavy atom. The lowest BCUT2D eigenvalue weighted by molar-refractivity contribution is 0.0635. The van der Waals surface area contributed by atoms with Crippen LogP contribution in [-0.4, -0.2) is 29.9 Å². The van der Waals surface area contributed by atoms with Gasteiger partial charge in [-0.05, 0) is 51.1 Å². The van der Waals surface area contributed by atoms with Gasteiger partial charge in [-0.15, -0.1) is 11.8 Å². The van der Waals surface area contributed by atoms with E-state index in [0.717, 1.165) is 5.75 Å². The largest absolute Gasteiger partial charge is 0.444 e. The minimum Gasteiger partial charge on any atom is -0.444 e. The zero-order valence-corrected chi connectivity index (χ0v) is 16.1. The van der Waals surface area contributed by atoms with Gasteiger partial charge in [-0.3, -0.25) is 10.1 Å². The molecule has 138 valence electrons. The molecule has 0 saturated carbocycles. The number of carbonyl (C=O) groups excluding carboxylic acids is 2. The molecule has 0 heterocycles. The highest BCUT2D eigenvalue weighted by molar-refractivity contribution is 7.99. The maximum Gasteiger partial charge on any atom is 0.412 e. The lowest BCUT2D eigenvalue weighted by Gasteiger charge is -2.19. The molecule has 2 rings (SSSR count). The van der Waals surface area contributed by atoms with E-state index < -0.39 is 11.7 Å². The number of ether oxygens (including phenoxy) is 1. The summed E-state index contributed by atoms with van der Waals surface area (Å²) in [4.78, 5) is 25.2. The molecule has 2 aromatic carbocycles. The molecule has 0 bridgehead atoms. The molecule has 0 spiro atoms. The molecule has 0 radical (unpaired) electrons. The van der Waals surface area contributed by atoms with E-state index in [1.54, 1.807) is 56.8 Å². The minimum atomic E-state index is -0.574. The summed E-state index contributed by atoms with van der Waals surface area (Å²) in [5.74, 6) is 0.609. The fourth-order valence-corrected chi connectivity index (χ4v) is 2.90. The number of benzene rings is 2. The van der Waals surface area contributed by atoms with Crippen molar-refractivity contribution in [2.24, 2.45) is 0 Å². The van der Waals surface area contributed by atoms with Crippen molar-refractivity contribution in [3.63, 3.8) is 0 Å². The predicted octanol–water partition coefficient (Wildman–Crippen LogP) is 4.56. The molecule has 0 unspecified atom stereocenters. The number of hydrogen-bond acceptors (Lipinski definition) is 4. The molecule has 0 aliphatic heterocycles. The van der Waals surface area contributed by atoms with Crippen LogP contribution in [0.5, 0.6) is 0 Å². The Morgan fingerprint density at radius 1 is 1.04 bits per heavy atom. The van der Waals surface area contributed by atoms with Crippen molar-refractivity contribution in [3.05, 3.63) is 60.2 Å². The van der Waals surface area contributed by atoms with Crippen LogP contribution in [0.2, 0.25) is 0 Å². The van der Waals surface area contributed by atoms with Gasteiger partial charge >= 0.3 is 6.09 Å². The number of rotatable bonds is 6. The van der Waals surface area contributed by atoms with Crippen LogP contribution in [-0.2, 0) is 4.74 Å². The van der Waals surface area contributed by atoms with E-state index in [1.807, 2.05) is 30.3 Å². The van der Waals surface area contributed by atoms with Crippen LogP contribution in [0.1, 0.15) is 31.1 Å². The average Bonchev–Trinajstić information content (AvgIpc) is 2.58. The van der Waals surface area contributed by atoms with Crippen molar-refractivity contribution < 1.29 is 14.3 Å². The van der Waals surface area contributed by atoms with Gasteiger partial charge in [-0.2, -0.15) is 0 Å². The van der Waals surface area contributed by atoms with E-state index in [9.17, 15) is 9.59 Å². The van der Waals surface area contributed by atoms with Gasteiger partial charge < -0.3 is 10.1 Å². The minimum absolute atomic E-state index is 0.175. The Kier molecular flexibility index (Phi) is 7.09. The Bertz CT molecular complexity index is 742. The standard InChI is InChI=1S/C20H24N2O3S/c1-20(2,3)25-19(24)22-16-9-7-8-15(14-16)18(23)21-12-13-26-17-10-5-4-6-11-17/h4-11,14H,12-13H2,1-3H3,(H,21,23)(H,22,24). The summed E-state index contributed by atoms with van der Waals surface area (Å²) in [5, 5.41) is 5.52. The second kappa shape index (κ2) is 9.29. The molecule has 2 N–H and O–H groups in total. The molecule has 2 amide bonds. The fourth-order valence-electron chi connectivity index (χ4n) is 2.11. The molecular weight excluding hydrogens is 348 g/mol. The fraction of sp³-hybridized carbons (Fsp3) is 0.300. The summed E-state index contributed by atoms with van der Waals surface area (Å²) in [6.07, 6.45) is -0.547. The van der Waals surface area contributed by atoms with E-state index >= 15 is 0 Å². The van der Waals surface area contributed by atoms with Crippen molar-refractivity contribution in [2.45, 2.75) is 31.3 Å². The number of anilines is 1. The summed E-state index contributed by atoms with van der Waals surface area (Å²) in [6, 6.07) is 16.8. The zero-order chi connectivity index (χ0) is 19.0. The van der Waals surface area contributed by atoms with Crippen LogP contribution < -0.4 is 10.6 Å². The number of nitrogens with one attached hydrogen (secondary N) is 2. The number of carbonyl (C=O) groups is 2. The predicted molar refractivity (Wildman–Crippen MR) is 106 cm³/mol. The van der Waals surface area contributed by atoms with Crippen LogP contribution in [0, 0.1) is 0 Å². The topological polar surface area (TPSA) is 67.4 Å². The van der Waals surface area contributed by atoms with Crippen LogP contribution >= 0.6 is 11.8 Å². The van der Waals surface area contributed by atoms with Crippen molar-refractivity contribution in [1.82, 2.24) is 5.32 Å². The smallest absolute Gasteiger partial charge is 0.412 e. The van der Waals surface area contributed by atoms with Crippen molar-refractivity contribution in [2.75, 3.05) is 17.6 Å². The van der Waals surface area contributed by atoms with E-state index in [-0.39, 0.29) is 5.91 Å². The van der Waals surface area contributed by atoms with Crippen LogP contribution in [0.3, 0.4) is 0 Å². The van der Waals surface area contributed by atoms with Gasteiger partial charge in [0.1, 0.15) is 5.60 Å². The quantitative estimate of drug-likeness (QED) is 0.576. The van der Waals surface area contributed by atoms with Gasteiger partial charge in [-0.25, -0.2) is 4.79 Å². The second-order valence-electron chi connectivity index (χ2n) is 6.63. The highest BCUT2D eigenvalue weighted by atomic mass is 32.2. The highest BCUT2D eigenvalue weighted by Crippen LogP contribution is 2.16. The van der Waals surface area contributed by atoms with Crippen molar-refractivity contribution >= 4 is 29.4 Å². The molecule has 26 heavy (non-hydrogen) atoms.